The van der Waals surface area contributed by atoms with Gasteiger partial charge in [-0.2, -0.15) is 0 Å². The first kappa shape index (κ1) is 27.0. The Morgan fingerprint density at radius 2 is 1.18 bits per heavy atom. The predicted molar refractivity (Wildman–Crippen MR) is 152 cm³/mol. The number of benzene rings is 4. The van der Waals surface area contributed by atoms with E-state index >= 15 is 0 Å². The van der Waals surface area contributed by atoms with E-state index in [0.717, 1.165) is 16.7 Å². The normalized spacial score (nSPS) is 27.0. The fraction of sp³-hybridized carbons (Fsp3) is 0.273. The average Bonchev–Trinajstić information content (AvgIpc) is 3.03. The second kappa shape index (κ2) is 13.0. The lowest BCUT2D eigenvalue weighted by molar-refractivity contribution is -0.330. The highest BCUT2D eigenvalue weighted by molar-refractivity contribution is 7.85. The molecule has 6 rings (SSSR count). The fourth-order valence-electron chi connectivity index (χ4n) is 5.09. The van der Waals surface area contributed by atoms with E-state index in [1.165, 1.54) is 0 Å². The fourth-order valence-corrected chi connectivity index (χ4v) is 6.50. The summed E-state index contributed by atoms with van der Waals surface area (Å²) in [4.78, 5) is 0.667. The largest absolute Gasteiger partial charge is 0.368 e. The van der Waals surface area contributed by atoms with Crippen LogP contribution in [0.15, 0.2) is 126 Å². The van der Waals surface area contributed by atoms with E-state index in [1.54, 1.807) is 0 Å². The molecular formula is C33H32O6S. The third-order valence-corrected chi connectivity index (χ3v) is 8.65. The first-order chi connectivity index (χ1) is 19.8. The van der Waals surface area contributed by atoms with Crippen molar-refractivity contribution < 1.29 is 27.9 Å². The van der Waals surface area contributed by atoms with Crippen molar-refractivity contribution in [3.63, 3.8) is 0 Å². The van der Waals surface area contributed by atoms with Crippen molar-refractivity contribution in [3.05, 3.63) is 138 Å². The van der Waals surface area contributed by atoms with Gasteiger partial charge in [0.05, 0.1) is 30.6 Å². The quantitative estimate of drug-likeness (QED) is 0.260. The van der Waals surface area contributed by atoms with Crippen LogP contribution in [-0.4, -0.2) is 40.7 Å². The molecule has 0 N–H and O–H groups in total. The molecule has 7 unspecified atom stereocenters. The summed E-state index contributed by atoms with van der Waals surface area (Å²) in [5, 5.41) is 0. The van der Waals surface area contributed by atoms with Crippen LogP contribution in [0.3, 0.4) is 0 Å². The highest BCUT2D eigenvalue weighted by atomic mass is 32.2. The Hall–Kier alpha value is -3.17. The van der Waals surface area contributed by atoms with Crippen LogP contribution >= 0.6 is 0 Å². The molecule has 0 aliphatic carbocycles. The monoisotopic (exact) mass is 556 g/mol. The molecule has 0 bridgehead atoms. The van der Waals surface area contributed by atoms with Gasteiger partial charge >= 0.3 is 0 Å². The van der Waals surface area contributed by atoms with E-state index in [0.29, 0.717) is 18.1 Å². The van der Waals surface area contributed by atoms with Gasteiger partial charge in [-0.3, -0.25) is 4.21 Å². The van der Waals surface area contributed by atoms with Crippen molar-refractivity contribution in [2.24, 2.45) is 0 Å². The third kappa shape index (κ3) is 6.25. The lowest BCUT2D eigenvalue weighted by Gasteiger charge is -2.49. The zero-order valence-electron chi connectivity index (χ0n) is 22.0. The molecule has 206 valence electrons. The smallest absolute Gasteiger partial charge is 0.184 e. The van der Waals surface area contributed by atoms with Gasteiger partial charge in [0.15, 0.2) is 11.7 Å². The Labute approximate surface area is 237 Å². The van der Waals surface area contributed by atoms with Gasteiger partial charge in [-0.25, -0.2) is 0 Å². The van der Waals surface area contributed by atoms with E-state index in [4.69, 9.17) is 23.7 Å². The number of ether oxygens (including phenoxy) is 5. The molecule has 0 saturated carbocycles. The zero-order chi connectivity index (χ0) is 27.1. The second-order valence-electron chi connectivity index (χ2n) is 9.85. The van der Waals surface area contributed by atoms with Gasteiger partial charge in [0.1, 0.15) is 24.4 Å². The summed E-state index contributed by atoms with van der Waals surface area (Å²) in [5.74, 6) is 0. The molecule has 0 amide bonds. The molecule has 4 aromatic carbocycles. The van der Waals surface area contributed by atoms with Crippen LogP contribution < -0.4 is 0 Å². The van der Waals surface area contributed by atoms with Crippen molar-refractivity contribution in [1.82, 2.24) is 0 Å². The first-order valence-corrected chi connectivity index (χ1v) is 14.7. The standard InChI is InChI=1S/C33H32O6S/c34-40(27-19-11-4-12-20-27)33-31(36-22-25-15-7-2-8-16-25)30(35-21-24-13-5-1-6-14-24)29-28(38-33)23-37-32(39-29)26-17-9-3-10-18-26/h1-20,28-33H,21-23H2. The maximum atomic E-state index is 14.0. The maximum Gasteiger partial charge on any atom is 0.184 e. The summed E-state index contributed by atoms with van der Waals surface area (Å²) in [5.41, 5.74) is 2.17. The van der Waals surface area contributed by atoms with Crippen LogP contribution in [0.5, 0.6) is 0 Å². The Balaban J connectivity index is 1.33. The summed E-state index contributed by atoms with van der Waals surface area (Å²) in [6, 6.07) is 39.1. The Morgan fingerprint density at radius 3 is 1.77 bits per heavy atom. The molecule has 7 heteroatoms. The lowest BCUT2D eigenvalue weighted by Crippen LogP contribution is -2.63. The molecule has 2 aliphatic heterocycles. The van der Waals surface area contributed by atoms with Gasteiger partial charge in [-0.05, 0) is 23.3 Å². The number of fused-ring (bicyclic) bond motifs is 1. The molecule has 0 aromatic heterocycles. The molecule has 2 fully saturated rings. The van der Waals surface area contributed by atoms with Crippen LogP contribution in [-0.2, 0) is 47.7 Å². The van der Waals surface area contributed by atoms with E-state index in [2.05, 4.69) is 0 Å². The van der Waals surface area contributed by atoms with Gasteiger partial charge in [0, 0.05) is 10.5 Å². The first-order valence-electron chi connectivity index (χ1n) is 13.5. The van der Waals surface area contributed by atoms with Crippen molar-refractivity contribution in [2.75, 3.05) is 6.61 Å². The van der Waals surface area contributed by atoms with Crippen LogP contribution in [0.1, 0.15) is 23.0 Å². The molecule has 7 atom stereocenters. The van der Waals surface area contributed by atoms with Crippen LogP contribution in [0, 0.1) is 0 Å². The van der Waals surface area contributed by atoms with E-state index in [9.17, 15) is 4.21 Å². The Bertz CT molecular complexity index is 1360. The molecule has 2 heterocycles. The molecule has 0 spiro atoms. The van der Waals surface area contributed by atoms with Gasteiger partial charge in [-0.1, -0.05) is 109 Å². The molecule has 2 aliphatic rings. The minimum atomic E-state index is -1.52. The predicted octanol–water partition coefficient (Wildman–Crippen LogP) is 5.80. The van der Waals surface area contributed by atoms with Crippen LogP contribution in [0.25, 0.3) is 0 Å². The number of hydrogen-bond acceptors (Lipinski definition) is 6. The summed E-state index contributed by atoms with van der Waals surface area (Å²) >= 11 is 0. The van der Waals surface area contributed by atoms with Crippen molar-refractivity contribution in [3.8, 4) is 0 Å². The third-order valence-electron chi connectivity index (χ3n) is 7.11. The topological polar surface area (TPSA) is 63.2 Å². The van der Waals surface area contributed by atoms with Gasteiger partial charge < -0.3 is 23.7 Å². The molecule has 4 aromatic rings. The minimum Gasteiger partial charge on any atom is -0.368 e. The highest BCUT2D eigenvalue weighted by Crippen LogP contribution is 2.38. The number of rotatable bonds is 9. The molecule has 40 heavy (non-hydrogen) atoms. The summed E-state index contributed by atoms with van der Waals surface area (Å²) in [6.45, 7) is 0.951. The summed E-state index contributed by atoms with van der Waals surface area (Å²) in [7, 11) is -1.52. The molecule has 2 saturated heterocycles. The number of hydrogen-bond donors (Lipinski definition) is 0. The molecular weight excluding hydrogens is 524 g/mol. The lowest BCUT2D eigenvalue weighted by atomic mass is 9.98. The SMILES string of the molecule is O=S(c1ccccc1)C1OC2COC(c3ccccc3)OC2C(OCc2ccccc2)C1OCc1ccccc1. The van der Waals surface area contributed by atoms with E-state index < -0.39 is 46.9 Å². The van der Waals surface area contributed by atoms with Crippen molar-refractivity contribution in [2.45, 2.75) is 54.3 Å². The van der Waals surface area contributed by atoms with E-state index in [1.807, 2.05) is 121 Å². The Kier molecular flexibility index (Phi) is 8.78. The zero-order valence-corrected chi connectivity index (χ0v) is 22.8. The minimum absolute atomic E-state index is 0.281. The van der Waals surface area contributed by atoms with Crippen molar-refractivity contribution in [1.29, 1.82) is 0 Å². The van der Waals surface area contributed by atoms with E-state index in [-0.39, 0.29) is 6.61 Å². The summed E-state index contributed by atoms with van der Waals surface area (Å²) in [6.07, 6.45) is -2.77. The highest BCUT2D eigenvalue weighted by Gasteiger charge is 2.53. The molecule has 6 nitrogen and oxygen atoms in total. The molecule has 0 radical (unpaired) electrons. The average molecular weight is 557 g/mol. The second-order valence-corrected chi connectivity index (χ2v) is 11.4. The van der Waals surface area contributed by atoms with Crippen LogP contribution in [0.2, 0.25) is 0 Å². The maximum absolute atomic E-state index is 14.0. The Morgan fingerprint density at radius 1 is 0.650 bits per heavy atom. The summed E-state index contributed by atoms with van der Waals surface area (Å²) < 4.78 is 46.3. The van der Waals surface area contributed by atoms with Crippen molar-refractivity contribution >= 4 is 10.8 Å². The van der Waals surface area contributed by atoms with Gasteiger partial charge in [-0.15, -0.1) is 0 Å². The van der Waals surface area contributed by atoms with Gasteiger partial charge in [0.25, 0.3) is 0 Å². The van der Waals surface area contributed by atoms with Gasteiger partial charge in [0.2, 0.25) is 0 Å². The van der Waals surface area contributed by atoms with Crippen LogP contribution in [0.4, 0.5) is 0 Å².